The molecule has 0 saturated carbocycles. The minimum atomic E-state index is -0.934. The predicted octanol–water partition coefficient (Wildman–Crippen LogP) is 1.96. The molecule has 1 amide bonds. The van der Waals surface area contributed by atoms with E-state index >= 15 is 0 Å². The van der Waals surface area contributed by atoms with Gasteiger partial charge in [-0.05, 0) is 18.2 Å². The van der Waals surface area contributed by atoms with Gasteiger partial charge in [0.1, 0.15) is 0 Å². The zero-order valence-corrected chi connectivity index (χ0v) is 10.7. The van der Waals surface area contributed by atoms with Gasteiger partial charge in [-0.25, -0.2) is 4.79 Å². The van der Waals surface area contributed by atoms with E-state index in [1.54, 1.807) is 37.2 Å². The summed E-state index contributed by atoms with van der Waals surface area (Å²) in [7, 11) is 3.44. The van der Waals surface area contributed by atoms with Crippen LogP contribution < -0.4 is 0 Å². The molecule has 0 spiro atoms. The Kier molecular flexibility index (Phi) is 5.03. The Morgan fingerprint density at radius 3 is 2.65 bits per heavy atom. The lowest BCUT2D eigenvalue weighted by molar-refractivity contribution is -0.128. The summed E-state index contributed by atoms with van der Waals surface area (Å²) < 4.78 is 0. The maximum Gasteiger partial charge on any atom is 0.335 e. The number of carboxylic acids is 1. The van der Waals surface area contributed by atoms with Gasteiger partial charge in [-0.1, -0.05) is 6.07 Å². The second-order valence-electron chi connectivity index (χ2n) is 3.72. The summed E-state index contributed by atoms with van der Waals surface area (Å²) in [6, 6.07) is 6.72. The van der Waals surface area contributed by atoms with Gasteiger partial charge >= 0.3 is 5.97 Å². The molecule has 0 aliphatic rings. The number of amides is 1. The maximum atomic E-state index is 11.3. The van der Waals surface area contributed by atoms with E-state index in [2.05, 4.69) is 0 Å². The summed E-state index contributed by atoms with van der Waals surface area (Å²) in [4.78, 5) is 24.5. The molecule has 0 aromatic heterocycles. The van der Waals surface area contributed by atoms with Crippen molar-refractivity contribution in [3.8, 4) is 0 Å². The summed E-state index contributed by atoms with van der Waals surface area (Å²) >= 11 is 1.49. The highest BCUT2D eigenvalue weighted by atomic mass is 32.2. The van der Waals surface area contributed by atoms with Crippen molar-refractivity contribution in [3.63, 3.8) is 0 Å². The van der Waals surface area contributed by atoms with Crippen LogP contribution in [0.4, 0.5) is 0 Å². The molecule has 17 heavy (non-hydrogen) atoms. The number of nitrogens with zero attached hydrogens (tertiary/aromatic N) is 1. The standard InChI is InChI=1S/C12H15NO3S/c1-13(2)11(14)6-7-17-10-5-3-4-9(8-10)12(15)16/h3-5,8H,6-7H2,1-2H3,(H,15,16). The van der Waals surface area contributed by atoms with Gasteiger partial charge in [0.2, 0.25) is 5.91 Å². The van der Waals surface area contributed by atoms with Crippen molar-refractivity contribution in [3.05, 3.63) is 29.8 Å². The fourth-order valence-electron chi connectivity index (χ4n) is 1.20. The lowest BCUT2D eigenvalue weighted by Crippen LogP contribution is -2.21. The third-order valence-corrected chi connectivity index (χ3v) is 3.16. The summed E-state index contributed by atoms with van der Waals surface area (Å²) in [5, 5.41) is 8.83. The summed E-state index contributed by atoms with van der Waals surface area (Å²) in [5.74, 6) is -0.205. The molecule has 0 fully saturated rings. The van der Waals surface area contributed by atoms with Crippen LogP contribution in [0.1, 0.15) is 16.8 Å². The van der Waals surface area contributed by atoms with E-state index in [0.29, 0.717) is 12.2 Å². The Balaban J connectivity index is 2.50. The lowest BCUT2D eigenvalue weighted by Gasteiger charge is -2.09. The van der Waals surface area contributed by atoms with Gasteiger partial charge < -0.3 is 10.0 Å². The predicted molar refractivity (Wildman–Crippen MR) is 67.4 cm³/mol. The minimum absolute atomic E-state index is 0.0758. The van der Waals surface area contributed by atoms with E-state index in [0.717, 1.165) is 4.90 Å². The SMILES string of the molecule is CN(C)C(=O)CCSc1cccc(C(=O)O)c1. The molecule has 0 radical (unpaired) electrons. The Morgan fingerprint density at radius 2 is 2.06 bits per heavy atom. The van der Waals surface area contributed by atoms with Crippen LogP contribution in [0.15, 0.2) is 29.2 Å². The number of rotatable bonds is 5. The van der Waals surface area contributed by atoms with Crippen LogP contribution in [0.3, 0.4) is 0 Å². The fraction of sp³-hybridized carbons (Fsp3) is 0.333. The van der Waals surface area contributed by atoms with Crippen molar-refractivity contribution in [2.45, 2.75) is 11.3 Å². The van der Waals surface area contributed by atoms with Crippen molar-refractivity contribution in [2.24, 2.45) is 0 Å². The zero-order chi connectivity index (χ0) is 12.8. The number of benzene rings is 1. The first-order chi connectivity index (χ1) is 8.00. The molecule has 1 rings (SSSR count). The fourth-order valence-corrected chi connectivity index (χ4v) is 2.10. The van der Waals surface area contributed by atoms with E-state index in [9.17, 15) is 9.59 Å². The van der Waals surface area contributed by atoms with Gasteiger partial charge in [-0.15, -0.1) is 11.8 Å². The van der Waals surface area contributed by atoms with Crippen LogP contribution in [-0.4, -0.2) is 41.7 Å². The largest absolute Gasteiger partial charge is 0.478 e. The highest BCUT2D eigenvalue weighted by molar-refractivity contribution is 7.99. The molecule has 0 saturated heterocycles. The molecular weight excluding hydrogens is 238 g/mol. The van der Waals surface area contributed by atoms with Crippen molar-refractivity contribution in [2.75, 3.05) is 19.8 Å². The molecular formula is C12H15NO3S. The zero-order valence-electron chi connectivity index (χ0n) is 9.84. The van der Waals surface area contributed by atoms with E-state index in [1.165, 1.54) is 11.8 Å². The van der Waals surface area contributed by atoms with Gasteiger partial charge in [-0.2, -0.15) is 0 Å². The molecule has 5 heteroatoms. The molecule has 92 valence electrons. The highest BCUT2D eigenvalue weighted by Crippen LogP contribution is 2.20. The van der Waals surface area contributed by atoms with Crippen molar-refractivity contribution >= 4 is 23.6 Å². The van der Waals surface area contributed by atoms with Gasteiger partial charge in [0.25, 0.3) is 0 Å². The molecule has 0 heterocycles. The van der Waals surface area contributed by atoms with Crippen molar-refractivity contribution in [1.29, 1.82) is 0 Å². The Hall–Kier alpha value is -1.49. The van der Waals surface area contributed by atoms with E-state index in [-0.39, 0.29) is 11.5 Å². The molecule has 0 aliphatic carbocycles. The van der Waals surface area contributed by atoms with Gasteiger partial charge in [0.15, 0.2) is 0 Å². The third kappa shape index (κ3) is 4.48. The number of carbonyl (C=O) groups is 2. The molecule has 1 aromatic carbocycles. The number of hydrogen-bond acceptors (Lipinski definition) is 3. The number of thioether (sulfide) groups is 1. The minimum Gasteiger partial charge on any atom is -0.478 e. The third-order valence-electron chi connectivity index (χ3n) is 2.16. The Morgan fingerprint density at radius 1 is 1.35 bits per heavy atom. The van der Waals surface area contributed by atoms with Gasteiger partial charge in [0.05, 0.1) is 5.56 Å². The van der Waals surface area contributed by atoms with Crippen LogP contribution in [0.5, 0.6) is 0 Å². The first-order valence-corrected chi connectivity index (χ1v) is 6.15. The Bertz CT molecular complexity index is 418. The monoisotopic (exact) mass is 253 g/mol. The highest BCUT2D eigenvalue weighted by Gasteiger charge is 2.06. The molecule has 1 N–H and O–H groups in total. The number of carbonyl (C=O) groups excluding carboxylic acids is 1. The Labute approximate surface area is 105 Å². The van der Waals surface area contributed by atoms with E-state index in [4.69, 9.17) is 5.11 Å². The maximum absolute atomic E-state index is 11.3. The molecule has 0 unspecified atom stereocenters. The quantitative estimate of drug-likeness (QED) is 0.815. The average Bonchev–Trinajstić information content (AvgIpc) is 2.29. The molecule has 4 nitrogen and oxygen atoms in total. The lowest BCUT2D eigenvalue weighted by atomic mass is 10.2. The molecule has 0 aliphatic heterocycles. The smallest absolute Gasteiger partial charge is 0.335 e. The van der Waals surface area contributed by atoms with Crippen molar-refractivity contribution in [1.82, 2.24) is 4.90 Å². The van der Waals surface area contributed by atoms with Crippen LogP contribution in [0.25, 0.3) is 0 Å². The van der Waals surface area contributed by atoms with E-state index in [1.807, 2.05) is 6.07 Å². The van der Waals surface area contributed by atoms with Gasteiger partial charge in [0, 0.05) is 31.2 Å². The second kappa shape index (κ2) is 6.30. The first kappa shape index (κ1) is 13.6. The first-order valence-electron chi connectivity index (χ1n) is 5.17. The normalized spacial score (nSPS) is 10.0. The molecule has 0 bridgehead atoms. The van der Waals surface area contributed by atoms with Crippen LogP contribution in [-0.2, 0) is 4.79 Å². The van der Waals surface area contributed by atoms with Gasteiger partial charge in [-0.3, -0.25) is 4.79 Å². The number of carboxylic acid groups (broad SMARTS) is 1. The number of aromatic carboxylic acids is 1. The van der Waals surface area contributed by atoms with Crippen molar-refractivity contribution < 1.29 is 14.7 Å². The number of hydrogen-bond donors (Lipinski definition) is 1. The van der Waals surface area contributed by atoms with Crippen LogP contribution in [0, 0.1) is 0 Å². The summed E-state index contributed by atoms with van der Waals surface area (Å²) in [6.07, 6.45) is 0.453. The van der Waals surface area contributed by atoms with Crippen LogP contribution in [0.2, 0.25) is 0 Å². The summed E-state index contributed by atoms with van der Waals surface area (Å²) in [6.45, 7) is 0. The molecule has 1 aromatic rings. The summed E-state index contributed by atoms with van der Waals surface area (Å²) in [5.41, 5.74) is 0.272. The average molecular weight is 253 g/mol. The topological polar surface area (TPSA) is 57.6 Å². The van der Waals surface area contributed by atoms with E-state index < -0.39 is 5.97 Å². The molecule has 0 atom stereocenters. The second-order valence-corrected chi connectivity index (χ2v) is 4.89. The van der Waals surface area contributed by atoms with Crippen LogP contribution >= 0.6 is 11.8 Å².